The van der Waals surface area contributed by atoms with Gasteiger partial charge in [-0.25, -0.2) is 4.98 Å². The summed E-state index contributed by atoms with van der Waals surface area (Å²) in [6, 6.07) is 11.4. The summed E-state index contributed by atoms with van der Waals surface area (Å²) in [6.07, 6.45) is 1.48. The molecular weight excluding hydrogens is 356 g/mol. The maximum absolute atomic E-state index is 12.1. The Hall–Kier alpha value is -3.28. The van der Waals surface area contributed by atoms with Gasteiger partial charge < -0.3 is 19.5 Å². The van der Waals surface area contributed by atoms with Crippen molar-refractivity contribution in [3.63, 3.8) is 0 Å². The number of hydrogen-bond acceptors (Lipinski definition) is 5. The lowest BCUT2D eigenvalue weighted by Crippen LogP contribution is -2.23. The minimum absolute atomic E-state index is 0.0407. The summed E-state index contributed by atoms with van der Waals surface area (Å²) in [4.78, 5) is 18.7. The van der Waals surface area contributed by atoms with Crippen molar-refractivity contribution in [3.8, 4) is 28.5 Å². The van der Waals surface area contributed by atoms with Crippen LogP contribution in [0.2, 0.25) is 0 Å². The van der Waals surface area contributed by atoms with Gasteiger partial charge in [-0.05, 0) is 49.2 Å². The molecule has 0 bridgehead atoms. The van der Waals surface area contributed by atoms with Gasteiger partial charge in [0.1, 0.15) is 0 Å². The van der Waals surface area contributed by atoms with Gasteiger partial charge >= 0.3 is 0 Å². The summed E-state index contributed by atoms with van der Waals surface area (Å²) in [6.45, 7) is 2.78. The van der Waals surface area contributed by atoms with E-state index < -0.39 is 0 Å². The lowest BCUT2D eigenvalue weighted by molar-refractivity contribution is -0.117. The number of nitrogens with zero attached hydrogens (tertiary/aromatic N) is 2. The molecule has 1 N–H and O–H groups in total. The Morgan fingerprint density at radius 2 is 1.79 bits per heavy atom. The highest BCUT2D eigenvalue weighted by molar-refractivity contribution is 5.98. The van der Waals surface area contributed by atoms with Crippen LogP contribution >= 0.6 is 0 Å². The van der Waals surface area contributed by atoms with Gasteiger partial charge in [-0.2, -0.15) is 0 Å². The predicted octanol–water partition coefficient (Wildman–Crippen LogP) is 4.06. The first-order valence-corrected chi connectivity index (χ1v) is 9.19. The number of aromatic hydroxyl groups is 1. The second kappa shape index (κ2) is 7.03. The SMILES string of the molecule is COc1cc(-c2cc(C)c3ccc(N4CCCC4=O)cc3n2)cc(OC)c1O. The number of benzene rings is 2. The highest BCUT2D eigenvalue weighted by Gasteiger charge is 2.22. The number of carbonyl (C=O) groups is 1. The largest absolute Gasteiger partial charge is 0.502 e. The third-order valence-electron chi connectivity index (χ3n) is 5.16. The number of methoxy groups -OCH3 is 2. The summed E-state index contributed by atoms with van der Waals surface area (Å²) < 4.78 is 10.5. The number of pyridine rings is 1. The zero-order valence-electron chi connectivity index (χ0n) is 16.2. The number of aryl methyl sites for hydroxylation is 1. The Morgan fingerprint density at radius 3 is 2.39 bits per heavy atom. The molecule has 0 saturated carbocycles. The molecule has 1 aliphatic rings. The van der Waals surface area contributed by atoms with E-state index in [4.69, 9.17) is 14.5 Å². The van der Waals surface area contributed by atoms with E-state index in [1.165, 1.54) is 14.2 Å². The van der Waals surface area contributed by atoms with Crippen LogP contribution < -0.4 is 14.4 Å². The molecule has 1 fully saturated rings. The van der Waals surface area contributed by atoms with E-state index in [0.29, 0.717) is 17.9 Å². The average Bonchev–Trinajstić information content (AvgIpc) is 3.13. The molecule has 28 heavy (non-hydrogen) atoms. The van der Waals surface area contributed by atoms with Crippen molar-refractivity contribution in [2.45, 2.75) is 19.8 Å². The van der Waals surface area contributed by atoms with Crippen LogP contribution in [0.15, 0.2) is 36.4 Å². The number of fused-ring (bicyclic) bond motifs is 1. The normalized spacial score (nSPS) is 14.0. The van der Waals surface area contributed by atoms with Gasteiger partial charge in [-0.3, -0.25) is 4.79 Å². The number of hydrogen-bond donors (Lipinski definition) is 1. The van der Waals surface area contributed by atoms with Crippen molar-refractivity contribution in [2.24, 2.45) is 0 Å². The Labute approximate surface area is 163 Å². The molecule has 4 rings (SSSR count). The molecule has 2 heterocycles. The molecule has 1 saturated heterocycles. The molecule has 3 aromatic rings. The van der Waals surface area contributed by atoms with Crippen LogP contribution in [0.4, 0.5) is 5.69 Å². The van der Waals surface area contributed by atoms with Crippen molar-refractivity contribution in [2.75, 3.05) is 25.7 Å². The van der Waals surface area contributed by atoms with Crippen LogP contribution in [-0.2, 0) is 4.79 Å². The first-order valence-electron chi connectivity index (χ1n) is 9.19. The van der Waals surface area contributed by atoms with Crippen LogP contribution in [-0.4, -0.2) is 36.8 Å². The molecule has 1 amide bonds. The smallest absolute Gasteiger partial charge is 0.227 e. The fourth-order valence-electron chi connectivity index (χ4n) is 3.67. The highest BCUT2D eigenvalue weighted by atomic mass is 16.5. The second-order valence-electron chi connectivity index (χ2n) is 6.90. The lowest BCUT2D eigenvalue weighted by Gasteiger charge is -2.17. The van der Waals surface area contributed by atoms with E-state index >= 15 is 0 Å². The van der Waals surface area contributed by atoms with Gasteiger partial charge in [0.15, 0.2) is 11.5 Å². The molecular formula is C22H22N2O4. The van der Waals surface area contributed by atoms with E-state index in [1.54, 1.807) is 12.1 Å². The standard InChI is InChI=1S/C22H22N2O4/c1-13-9-17(14-10-19(27-2)22(26)20(11-14)28-3)23-18-12-15(6-7-16(13)18)24-8-4-5-21(24)25/h6-7,9-12,26H,4-5,8H2,1-3H3. The molecule has 0 unspecified atom stereocenters. The average molecular weight is 378 g/mol. The van der Waals surface area contributed by atoms with Gasteiger partial charge in [0, 0.05) is 29.6 Å². The fraction of sp³-hybridized carbons (Fsp3) is 0.273. The summed E-state index contributed by atoms with van der Waals surface area (Å²) in [5.41, 5.74) is 4.29. The molecule has 144 valence electrons. The number of rotatable bonds is 4. The summed E-state index contributed by atoms with van der Waals surface area (Å²) in [5.74, 6) is 0.761. The van der Waals surface area contributed by atoms with E-state index in [-0.39, 0.29) is 11.7 Å². The summed E-state index contributed by atoms with van der Waals surface area (Å²) in [5, 5.41) is 11.2. The van der Waals surface area contributed by atoms with Crippen molar-refractivity contribution in [1.82, 2.24) is 4.98 Å². The first kappa shape index (κ1) is 18.1. The first-order chi connectivity index (χ1) is 13.5. The monoisotopic (exact) mass is 378 g/mol. The minimum Gasteiger partial charge on any atom is -0.502 e. The Kier molecular flexibility index (Phi) is 4.55. The molecule has 0 spiro atoms. The van der Waals surface area contributed by atoms with E-state index in [9.17, 15) is 9.90 Å². The molecule has 0 aliphatic carbocycles. The Bertz CT molecular complexity index is 1050. The number of phenols is 1. The molecule has 0 radical (unpaired) electrons. The van der Waals surface area contributed by atoms with Gasteiger partial charge in [0.2, 0.25) is 11.7 Å². The van der Waals surface area contributed by atoms with Crippen molar-refractivity contribution < 1.29 is 19.4 Å². The maximum Gasteiger partial charge on any atom is 0.227 e. The van der Waals surface area contributed by atoms with E-state index in [0.717, 1.165) is 46.4 Å². The predicted molar refractivity (Wildman–Crippen MR) is 108 cm³/mol. The van der Waals surface area contributed by atoms with Gasteiger partial charge in [-0.1, -0.05) is 6.07 Å². The molecule has 6 nitrogen and oxygen atoms in total. The van der Waals surface area contributed by atoms with Gasteiger partial charge in [0.25, 0.3) is 0 Å². The number of aromatic nitrogens is 1. The number of phenolic OH excluding ortho intramolecular Hbond substituents is 1. The molecule has 1 aromatic heterocycles. The second-order valence-corrected chi connectivity index (χ2v) is 6.90. The lowest BCUT2D eigenvalue weighted by atomic mass is 10.0. The molecule has 1 aliphatic heterocycles. The number of carbonyl (C=O) groups excluding carboxylic acids is 1. The Balaban J connectivity index is 1.85. The van der Waals surface area contributed by atoms with E-state index in [2.05, 4.69) is 0 Å². The minimum atomic E-state index is -0.0407. The summed E-state index contributed by atoms with van der Waals surface area (Å²) in [7, 11) is 2.99. The maximum atomic E-state index is 12.1. The van der Waals surface area contributed by atoms with Gasteiger partial charge in [-0.15, -0.1) is 0 Å². The van der Waals surface area contributed by atoms with Crippen LogP contribution in [0.25, 0.3) is 22.2 Å². The zero-order chi connectivity index (χ0) is 19.8. The molecule has 2 aromatic carbocycles. The van der Waals surface area contributed by atoms with Crippen LogP contribution in [0.1, 0.15) is 18.4 Å². The fourth-order valence-corrected chi connectivity index (χ4v) is 3.67. The van der Waals surface area contributed by atoms with Crippen molar-refractivity contribution in [1.29, 1.82) is 0 Å². The van der Waals surface area contributed by atoms with Crippen LogP contribution in [0, 0.1) is 6.92 Å². The van der Waals surface area contributed by atoms with E-state index in [1.807, 2.05) is 36.1 Å². The number of anilines is 1. The molecule has 6 heteroatoms. The van der Waals surface area contributed by atoms with Crippen LogP contribution in [0.3, 0.4) is 0 Å². The number of ether oxygens (including phenoxy) is 2. The third kappa shape index (κ3) is 3.01. The summed E-state index contributed by atoms with van der Waals surface area (Å²) >= 11 is 0. The molecule has 0 atom stereocenters. The third-order valence-corrected chi connectivity index (χ3v) is 5.16. The Morgan fingerprint density at radius 1 is 1.07 bits per heavy atom. The van der Waals surface area contributed by atoms with Crippen LogP contribution in [0.5, 0.6) is 17.2 Å². The highest BCUT2D eigenvalue weighted by Crippen LogP contribution is 2.40. The van der Waals surface area contributed by atoms with Gasteiger partial charge in [0.05, 0.1) is 25.4 Å². The van der Waals surface area contributed by atoms with Crippen molar-refractivity contribution >= 4 is 22.5 Å². The van der Waals surface area contributed by atoms with Crippen molar-refractivity contribution in [3.05, 3.63) is 42.0 Å². The quantitative estimate of drug-likeness (QED) is 0.741. The topological polar surface area (TPSA) is 71.9 Å². The zero-order valence-corrected chi connectivity index (χ0v) is 16.2. The number of amides is 1.